The van der Waals surface area contributed by atoms with E-state index in [9.17, 15) is 14.0 Å². The molecule has 25 heavy (non-hydrogen) atoms. The van der Waals surface area contributed by atoms with Gasteiger partial charge in [0.2, 0.25) is 11.9 Å². The standard InChI is InChI=1S/C17H23FN4O3/c1-16(2,3)25-15(24)20-14-21-17(4,9-13(23)22(14)5)10-6-7-11(18)12(19)8-10/h6-8H,9,19H2,1-5H3,(H,20,21,24)/t17-/m0/s1. The van der Waals surface area contributed by atoms with Crippen LogP contribution in [-0.4, -0.2) is 35.5 Å². The lowest BCUT2D eigenvalue weighted by molar-refractivity contribution is -0.128. The zero-order chi connectivity index (χ0) is 19.0. The number of anilines is 1. The molecule has 1 heterocycles. The van der Waals surface area contributed by atoms with E-state index in [1.165, 1.54) is 30.1 Å². The number of alkyl carbamates (subject to hydrolysis) is 1. The highest BCUT2D eigenvalue weighted by molar-refractivity contribution is 6.04. The highest BCUT2D eigenvalue weighted by atomic mass is 19.1. The van der Waals surface area contributed by atoms with Gasteiger partial charge in [0.15, 0.2) is 0 Å². The fourth-order valence-electron chi connectivity index (χ4n) is 2.43. The van der Waals surface area contributed by atoms with Crippen LogP contribution in [0.1, 0.15) is 39.7 Å². The van der Waals surface area contributed by atoms with Crippen molar-refractivity contribution in [1.82, 2.24) is 10.2 Å². The molecule has 0 saturated carbocycles. The molecule has 0 unspecified atom stereocenters. The summed E-state index contributed by atoms with van der Waals surface area (Å²) in [5.74, 6) is -0.718. The number of nitrogens with two attached hydrogens (primary N) is 1. The first-order chi connectivity index (χ1) is 11.4. The monoisotopic (exact) mass is 350 g/mol. The summed E-state index contributed by atoms with van der Waals surface area (Å²) < 4.78 is 18.6. The zero-order valence-electron chi connectivity index (χ0n) is 15.0. The first-order valence-corrected chi connectivity index (χ1v) is 7.83. The van der Waals surface area contributed by atoms with Crippen molar-refractivity contribution in [1.29, 1.82) is 0 Å². The second-order valence-corrected chi connectivity index (χ2v) is 7.20. The number of nitrogens with one attached hydrogen (secondary N) is 1. The SMILES string of the molecule is CN1C(=O)C[C@@](C)(c2ccc(F)c(N)c2)N=C1NC(=O)OC(C)(C)C. The van der Waals surface area contributed by atoms with E-state index >= 15 is 0 Å². The number of guanidine groups is 1. The second-order valence-electron chi connectivity index (χ2n) is 7.20. The number of nitrogen functional groups attached to an aromatic ring is 1. The number of benzene rings is 1. The first kappa shape index (κ1) is 18.7. The summed E-state index contributed by atoms with van der Waals surface area (Å²) in [5, 5.41) is 2.50. The van der Waals surface area contributed by atoms with E-state index in [1.54, 1.807) is 27.7 Å². The molecule has 0 aromatic heterocycles. The predicted molar refractivity (Wildman–Crippen MR) is 92.4 cm³/mol. The summed E-state index contributed by atoms with van der Waals surface area (Å²) in [6.07, 6.45) is -0.651. The van der Waals surface area contributed by atoms with Crippen molar-refractivity contribution in [2.45, 2.75) is 45.3 Å². The number of hydrogen-bond donors (Lipinski definition) is 2. The summed E-state index contributed by atoms with van der Waals surface area (Å²) in [4.78, 5) is 30.1. The van der Waals surface area contributed by atoms with Gasteiger partial charge in [0.25, 0.3) is 0 Å². The minimum absolute atomic E-state index is 0.0260. The number of amides is 2. The lowest BCUT2D eigenvalue weighted by Crippen LogP contribution is -2.52. The van der Waals surface area contributed by atoms with Gasteiger partial charge >= 0.3 is 6.09 Å². The maximum Gasteiger partial charge on any atom is 0.414 e. The first-order valence-electron chi connectivity index (χ1n) is 7.83. The molecule has 1 aliphatic rings. The molecule has 7 nitrogen and oxygen atoms in total. The lowest BCUT2D eigenvalue weighted by atomic mass is 9.87. The molecule has 0 aliphatic carbocycles. The molecule has 2 rings (SSSR count). The third-order valence-corrected chi connectivity index (χ3v) is 3.77. The molecular weight excluding hydrogens is 327 g/mol. The van der Waals surface area contributed by atoms with Crippen LogP contribution < -0.4 is 11.1 Å². The van der Waals surface area contributed by atoms with Gasteiger partial charge in [-0.05, 0) is 45.4 Å². The molecule has 0 bridgehead atoms. The molecule has 0 spiro atoms. The Morgan fingerprint density at radius 3 is 2.64 bits per heavy atom. The van der Waals surface area contributed by atoms with E-state index in [4.69, 9.17) is 10.5 Å². The molecule has 1 atom stereocenters. The van der Waals surface area contributed by atoms with Crippen LogP contribution in [0.15, 0.2) is 23.2 Å². The fourth-order valence-corrected chi connectivity index (χ4v) is 2.43. The van der Waals surface area contributed by atoms with E-state index in [0.717, 1.165) is 0 Å². The number of halogens is 1. The van der Waals surface area contributed by atoms with Gasteiger partial charge in [-0.2, -0.15) is 0 Å². The van der Waals surface area contributed by atoms with Gasteiger partial charge in [0.05, 0.1) is 17.6 Å². The maximum atomic E-state index is 13.4. The number of carbonyl (C=O) groups is 2. The van der Waals surface area contributed by atoms with Crippen LogP contribution in [-0.2, 0) is 15.1 Å². The van der Waals surface area contributed by atoms with Crippen LogP contribution in [0.2, 0.25) is 0 Å². The van der Waals surface area contributed by atoms with Crippen molar-refractivity contribution >= 4 is 23.6 Å². The third kappa shape index (κ3) is 4.26. The normalized spacial score (nSPS) is 21.0. The van der Waals surface area contributed by atoms with Gasteiger partial charge in [-0.1, -0.05) is 6.07 Å². The van der Waals surface area contributed by atoms with E-state index in [2.05, 4.69) is 10.3 Å². The van der Waals surface area contributed by atoms with Gasteiger partial charge in [-0.25, -0.2) is 14.2 Å². The smallest absolute Gasteiger partial charge is 0.414 e. The minimum Gasteiger partial charge on any atom is -0.444 e. The van der Waals surface area contributed by atoms with Gasteiger partial charge in [0, 0.05) is 7.05 Å². The van der Waals surface area contributed by atoms with Crippen LogP contribution in [0.4, 0.5) is 14.9 Å². The largest absolute Gasteiger partial charge is 0.444 e. The lowest BCUT2D eigenvalue weighted by Gasteiger charge is -2.35. The summed E-state index contributed by atoms with van der Waals surface area (Å²) >= 11 is 0. The van der Waals surface area contributed by atoms with Crippen molar-refractivity contribution in [3.63, 3.8) is 0 Å². The highest BCUT2D eigenvalue weighted by Crippen LogP contribution is 2.34. The van der Waals surface area contributed by atoms with E-state index in [-0.39, 0.29) is 24.0 Å². The molecule has 8 heteroatoms. The molecule has 1 aliphatic heterocycles. The fraction of sp³-hybridized carbons (Fsp3) is 0.471. The van der Waals surface area contributed by atoms with Crippen molar-refractivity contribution in [3.8, 4) is 0 Å². The molecule has 2 amide bonds. The molecule has 136 valence electrons. The Balaban J connectivity index is 2.35. The molecular formula is C17H23FN4O3. The second kappa shape index (κ2) is 6.34. The van der Waals surface area contributed by atoms with E-state index < -0.39 is 23.1 Å². The number of rotatable bonds is 1. The average Bonchev–Trinajstić information content (AvgIpc) is 2.45. The minimum atomic E-state index is -0.976. The Hall–Kier alpha value is -2.64. The van der Waals surface area contributed by atoms with Crippen molar-refractivity contribution in [2.75, 3.05) is 12.8 Å². The Bertz CT molecular complexity index is 742. The number of nitrogens with zero attached hydrogens (tertiary/aromatic N) is 2. The number of hydrogen-bond acceptors (Lipinski definition) is 5. The van der Waals surface area contributed by atoms with Gasteiger partial charge in [-0.15, -0.1) is 0 Å². The van der Waals surface area contributed by atoms with Gasteiger partial charge in [-0.3, -0.25) is 15.0 Å². The summed E-state index contributed by atoms with van der Waals surface area (Å²) in [5.41, 5.74) is 4.52. The summed E-state index contributed by atoms with van der Waals surface area (Å²) in [7, 11) is 1.51. The Kier molecular flexibility index (Phi) is 4.74. The van der Waals surface area contributed by atoms with Gasteiger partial charge < -0.3 is 10.5 Å². The zero-order valence-corrected chi connectivity index (χ0v) is 15.0. The van der Waals surface area contributed by atoms with Crippen LogP contribution in [0, 0.1) is 5.82 Å². The number of carbonyl (C=O) groups excluding carboxylic acids is 2. The molecule has 0 fully saturated rings. The molecule has 0 saturated heterocycles. The molecule has 1 aromatic carbocycles. The Morgan fingerprint density at radius 1 is 1.44 bits per heavy atom. The number of ether oxygens (including phenoxy) is 1. The van der Waals surface area contributed by atoms with Crippen molar-refractivity contribution < 1.29 is 18.7 Å². The Labute approximate surface area is 146 Å². The van der Waals surface area contributed by atoms with Crippen molar-refractivity contribution in [3.05, 3.63) is 29.6 Å². The van der Waals surface area contributed by atoms with Crippen LogP contribution in [0.25, 0.3) is 0 Å². The highest BCUT2D eigenvalue weighted by Gasteiger charge is 2.38. The van der Waals surface area contributed by atoms with Crippen LogP contribution in [0.3, 0.4) is 0 Å². The van der Waals surface area contributed by atoms with Crippen LogP contribution in [0.5, 0.6) is 0 Å². The van der Waals surface area contributed by atoms with Gasteiger partial charge in [0.1, 0.15) is 11.4 Å². The Morgan fingerprint density at radius 2 is 2.08 bits per heavy atom. The topological polar surface area (TPSA) is 97.0 Å². The molecule has 0 radical (unpaired) electrons. The third-order valence-electron chi connectivity index (χ3n) is 3.77. The molecule has 3 N–H and O–H groups in total. The van der Waals surface area contributed by atoms with Crippen molar-refractivity contribution in [2.24, 2.45) is 4.99 Å². The summed E-state index contributed by atoms with van der Waals surface area (Å²) in [6.45, 7) is 6.92. The predicted octanol–water partition coefficient (Wildman–Crippen LogP) is 2.37. The number of aliphatic imine (C=N–C) groups is 1. The average molecular weight is 350 g/mol. The maximum absolute atomic E-state index is 13.4. The van der Waals surface area contributed by atoms with E-state index in [1.807, 2.05) is 0 Å². The quantitative estimate of drug-likeness (QED) is 0.760. The summed E-state index contributed by atoms with van der Waals surface area (Å²) in [6, 6.07) is 4.20. The van der Waals surface area contributed by atoms with Crippen LogP contribution >= 0.6 is 0 Å². The molecule has 1 aromatic rings. The van der Waals surface area contributed by atoms with E-state index in [0.29, 0.717) is 5.56 Å².